The highest BCUT2D eigenvalue weighted by molar-refractivity contribution is 6.35. The van der Waals surface area contributed by atoms with Crippen LogP contribution < -0.4 is 37.9 Å². The maximum Gasteiger partial charge on any atom is 0.270 e. The molecule has 0 aliphatic carbocycles. The highest BCUT2D eigenvalue weighted by Gasteiger charge is 2.27. The van der Waals surface area contributed by atoms with Gasteiger partial charge in [0.1, 0.15) is 52.9 Å². The van der Waals surface area contributed by atoms with Gasteiger partial charge in [-0.05, 0) is 166 Å². The molecule has 4 atom stereocenters. The van der Waals surface area contributed by atoms with Gasteiger partial charge >= 0.3 is 0 Å². The molecule has 19 aromatic rings. The Morgan fingerprint density at radius 2 is 1.07 bits per heavy atom. The first kappa shape index (κ1) is 78.7. The van der Waals surface area contributed by atoms with Gasteiger partial charge in [-0.3, -0.25) is 37.9 Å². The Bertz CT molecular complexity index is 7200. The van der Waals surface area contributed by atoms with Gasteiger partial charge in [-0.2, -0.15) is 0 Å². The molecule has 0 aliphatic rings. The molecule has 0 fully saturated rings. The summed E-state index contributed by atoms with van der Waals surface area (Å²) >= 11 is 12.7. The van der Waals surface area contributed by atoms with E-state index in [1.165, 1.54) is 35.2 Å². The van der Waals surface area contributed by atoms with Gasteiger partial charge in [-0.15, -0.1) is 0 Å². The number of hydrogen-bond donors (Lipinski definition) is 7. The largest absolute Gasteiger partial charge is 0.362 e. The van der Waals surface area contributed by atoms with Gasteiger partial charge in [0.25, 0.3) is 22.6 Å². The van der Waals surface area contributed by atoms with Crippen molar-refractivity contribution < 1.29 is 9.18 Å². The van der Waals surface area contributed by atoms with Crippen LogP contribution in [-0.4, -0.2) is 99.4 Å². The van der Waals surface area contributed by atoms with Crippen LogP contribution in [0.3, 0.4) is 0 Å². The molecular weight excluding hydrogens is 1560 g/mol. The number of aryl methyl sites for hydroxylation is 2. The molecule has 0 aliphatic heterocycles. The van der Waals surface area contributed by atoms with E-state index >= 15 is 0 Å². The minimum atomic E-state index is -0.580. The lowest BCUT2D eigenvalue weighted by Gasteiger charge is -2.23. The zero-order valence-electron chi connectivity index (χ0n) is 65.3. The number of H-pyrrole nitrogens is 3. The van der Waals surface area contributed by atoms with Gasteiger partial charge in [0.2, 0.25) is 0 Å². The third-order valence-corrected chi connectivity index (χ3v) is 20.8. The number of aromatic amines is 3. The number of rotatable bonds is 17. The summed E-state index contributed by atoms with van der Waals surface area (Å²) in [4.78, 5) is 119. The predicted octanol–water partition coefficient (Wildman–Crippen LogP) is 17.5. The third-order valence-electron chi connectivity index (χ3n) is 20.2. The Kier molecular flexibility index (Phi) is 22.8. The standard InChI is InChI=1S/C24H20FN5O.C22H17ClN6O.C22H18ClN5O2.C22H19N7/c1-2-18(29-23-22-19(11-12-26-23)27-14-28-22)20-13-15-7-6-10-17(25)21(15)24(31)30(20)16-8-4-3-5-9-16;1-13(28-21-19-20(25-11-24-19)26-12-27-21)17-10-14-6-5-9-16(23)18(14)22(30)29(17)15-7-3-2-4-8-15;1-13-11-24-12-25-19(13)21(29)26-14(2)20-27-17-10-6-9-16(23)18(17)22(30)28(20)15-7-4-3-5-8-15;1-13-6-7-15-10-16(19(29-18(15)9-13)17-5-3-4-8-23-17)14(2)28-22-20-21(25-11-24-20)26-12-27-22/h3-14,18H,2H2,1H3,(H,26,29)(H,27,28);2-13H,1H3,(H2,24,25,26,27,28);3-12,14H,1-2H3,(H,26,29);3-12,14H,1-2H3,(H2,24,25,26,27,28)/t18-;13-;2*14-/m0000/s1. The average Bonchev–Trinajstić information content (AvgIpc) is 0.908. The van der Waals surface area contributed by atoms with Crippen molar-refractivity contribution in [2.24, 2.45) is 0 Å². The number of carbonyl (C=O) groups is 1. The summed E-state index contributed by atoms with van der Waals surface area (Å²) in [5.74, 6) is 1.43. The minimum Gasteiger partial charge on any atom is -0.362 e. The summed E-state index contributed by atoms with van der Waals surface area (Å²) in [6.45, 7) is 11.7. The van der Waals surface area contributed by atoms with E-state index in [0.29, 0.717) is 95.2 Å². The van der Waals surface area contributed by atoms with Crippen molar-refractivity contribution in [2.45, 2.75) is 72.1 Å². The van der Waals surface area contributed by atoms with Crippen molar-refractivity contribution in [1.82, 2.24) is 98.8 Å². The fourth-order valence-corrected chi connectivity index (χ4v) is 14.9. The second-order valence-corrected chi connectivity index (χ2v) is 28.9. The Morgan fingerprint density at radius 1 is 0.483 bits per heavy atom. The van der Waals surface area contributed by atoms with Crippen LogP contribution in [-0.2, 0) is 0 Å². The molecule has 1 amide bonds. The number of imidazole rings is 3. The molecule has 7 N–H and O–H groups in total. The molecule has 0 spiro atoms. The number of aromatic nitrogens is 19. The summed E-state index contributed by atoms with van der Waals surface area (Å²) in [6.07, 6.45) is 14.9. The third kappa shape index (κ3) is 16.2. The fraction of sp³-hybridized carbons (Fsp3) is 0.122. The fourth-order valence-electron chi connectivity index (χ4n) is 14.4. The van der Waals surface area contributed by atoms with E-state index in [1.807, 2.05) is 141 Å². The first-order valence-corrected chi connectivity index (χ1v) is 39.0. The molecule has 19 rings (SSSR count). The SMILES string of the molecule is CC[C@H](Nc1nccc2[nH]cnc12)c1cc2cccc(F)c2c(=O)n1-c1ccccc1.C[C@H](Nc1ncnc2nc[nH]c12)c1cc2cccc(Cl)c2c(=O)n1-c1ccccc1.Cc1ccc2cc([C@H](C)Nc3ncnc4nc[nH]c34)c(-c3ccccn3)nc2c1.Cc1cncnc1C(=O)N[C@@H](C)c1nc2cccc(Cl)c2c(=O)n1-c1ccccc1. The van der Waals surface area contributed by atoms with E-state index < -0.39 is 11.9 Å². The molecule has 7 aromatic carbocycles. The Morgan fingerprint density at radius 3 is 1.73 bits per heavy atom. The lowest BCUT2D eigenvalue weighted by atomic mass is 10.0. The molecule has 0 unspecified atom stereocenters. The lowest BCUT2D eigenvalue weighted by molar-refractivity contribution is 0.0931. The number of carbonyl (C=O) groups excluding carboxylic acids is 1. The smallest absolute Gasteiger partial charge is 0.270 e. The van der Waals surface area contributed by atoms with E-state index in [4.69, 9.17) is 28.2 Å². The van der Waals surface area contributed by atoms with E-state index in [9.17, 15) is 23.6 Å². The van der Waals surface area contributed by atoms with Crippen molar-refractivity contribution in [3.8, 4) is 28.5 Å². The number of hydrogen-bond acceptors (Lipinski definition) is 20. The molecule has 594 valence electrons. The van der Waals surface area contributed by atoms with E-state index in [2.05, 4.69) is 134 Å². The minimum absolute atomic E-state index is 0.0633. The maximum atomic E-state index is 14.6. The number of fused-ring (bicyclic) bond motifs is 7. The normalized spacial score (nSPS) is 12.2. The maximum absolute atomic E-state index is 14.6. The van der Waals surface area contributed by atoms with Crippen LogP contribution in [0.25, 0.3) is 105 Å². The first-order chi connectivity index (χ1) is 58.5. The van der Waals surface area contributed by atoms with E-state index in [0.717, 1.165) is 66.9 Å². The van der Waals surface area contributed by atoms with Gasteiger partial charge < -0.3 is 36.2 Å². The van der Waals surface area contributed by atoms with Gasteiger partial charge in [-0.1, -0.05) is 133 Å². The highest BCUT2D eigenvalue weighted by Crippen LogP contribution is 2.35. The molecule has 12 heterocycles. The second kappa shape index (κ2) is 34.7. The topological polar surface area (TPSA) is 346 Å². The van der Waals surface area contributed by atoms with Crippen molar-refractivity contribution in [2.75, 3.05) is 16.0 Å². The van der Waals surface area contributed by atoms with E-state index in [1.54, 1.807) is 109 Å². The molecule has 0 saturated carbocycles. The molecule has 30 heteroatoms. The van der Waals surface area contributed by atoms with Crippen LogP contribution in [0.1, 0.15) is 103 Å². The number of halogens is 3. The Hall–Kier alpha value is -15.2. The first-order valence-electron chi connectivity index (χ1n) is 38.3. The summed E-state index contributed by atoms with van der Waals surface area (Å²) in [7, 11) is 0. The van der Waals surface area contributed by atoms with Gasteiger partial charge in [0.15, 0.2) is 28.7 Å². The zero-order chi connectivity index (χ0) is 83.1. The number of para-hydroxylation sites is 3. The average molecular weight is 1630 g/mol. The molecular formula is C90H74Cl2FN23O4. The van der Waals surface area contributed by atoms with Crippen LogP contribution in [0.4, 0.5) is 21.8 Å². The molecule has 0 bridgehead atoms. The Labute approximate surface area is 693 Å². The summed E-state index contributed by atoms with van der Waals surface area (Å²) in [5.41, 5.74) is 13.3. The molecule has 0 saturated heterocycles. The van der Waals surface area contributed by atoms with Crippen LogP contribution in [0.5, 0.6) is 0 Å². The number of benzene rings is 7. The van der Waals surface area contributed by atoms with E-state index in [-0.39, 0.29) is 51.8 Å². The number of anilines is 3. The molecule has 12 aromatic heterocycles. The second-order valence-electron chi connectivity index (χ2n) is 28.1. The molecule has 27 nitrogen and oxygen atoms in total. The van der Waals surface area contributed by atoms with Crippen LogP contribution in [0, 0.1) is 19.7 Å². The Balaban J connectivity index is 0.000000119. The zero-order valence-corrected chi connectivity index (χ0v) is 66.8. The highest BCUT2D eigenvalue weighted by atomic mass is 35.5. The van der Waals surface area contributed by atoms with Crippen LogP contribution in [0.2, 0.25) is 10.0 Å². The number of nitrogens with zero attached hydrogens (tertiary/aromatic N) is 16. The molecule has 0 radical (unpaired) electrons. The van der Waals surface area contributed by atoms with Crippen LogP contribution >= 0.6 is 23.2 Å². The quantitative estimate of drug-likeness (QED) is 0.0445. The monoisotopic (exact) mass is 1630 g/mol. The summed E-state index contributed by atoms with van der Waals surface area (Å²) in [6, 6.07) is 62.1. The van der Waals surface area contributed by atoms with Crippen molar-refractivity contribution in [1.29, 1.82) is 0 Å². The van der Waals surface area contributed by atoms with Crippen molar-refractivity contribution >= 4 is 123 Å². The predicted molar refractivity (Wildman–Crippen MR) is 467 cm³/mol. The van der Waals surface area contributed by atoms with Crippen molar-refractivity contribution in [3.05, 3.63) is 349 Å². The van der Waals surface area contributed by atoms with Crippen LogP contribution in [0.15, 0.2) is 277 Å². The molecule has 120 heavy (non-hydrogen) atoms. The summed E-state index contributed by atoms with van der Waals surface area (Å²) in [5, 5.41) is 17.3. The van der Waals surface area contributed by atoms with Crippen molar-refractivity contribution in [3.63, 3.8) is 0 Å². The van der Waals surface area contributed by atoms with Gasteiger partial charge in [0.05, 0.1) is 103 Å². The van der Waals surface area contributed by atoms with Gasteiger partial charge in [0, 0.05) is 52.3 Å². The number of nitrogens with one attached hydrogen (secondary N) is 7. The van der Waals surface area contributed by atoms with Gasteiger partial charge in [-0.25, -0.2) is 64.2 Å². The number of amides is 1. The summed E-state index contributed by atoms with van der Waals surface area (Å²) < 4.78 is 19.3. The number of pyridine rings is 5. The lowest BCUT2D eigenvalue weighted by Crippen LogP contribution is -2.34.